The zero-order valence-electron chi connectivity index (χ0n) is 9.28. The third-order valence-electron chi connectivity index (χ3n) is 3.68. The Labute approximate surface area is 77.1 Å². The van der Waals surface area contributed by atoms with Crippen LogP contribution in [0.2, 0.25) is 0 Å². The summed E-state index contributed by atoms with van der Waals surface area (Å²) in [5.41, 5.74) is 0.889. The molecule has 0 saturated heterocycles. The Balaban J connectivity index is 2.87. The molecule has 1 aliphatic carbocycles. The smallest absolute Gasteiger partial charge is 0.0251 e. The van der Waals surface area contributed by atoms with Crippen LogP contribution in [0.4, 0.5) is 0 Å². The van der Waals surface area contributed by atoms with Gasteiger partial charge in [-0.05, 0) is 32.4 Å². The third-order valence-corrected chi connectivity index (χ3v) is 3.68. The highest BCUT2D eigenvalue weighted by atomic mass is 15.2. The lowest BCUT2D eigenvalue weighted by atomic mass is 9.71. The van der Waals surface area contributed by atoms with E-state index in [1.54, 1.807) is 0 Å². The van der Waals surface area contributed by atoms with Crippen molar-refractivity contribution in [2.45, 2.75) is 52.0 Å². The average molecular weight is 169 g/mol. The predicted octanol–water partition coefficient (Wildman–Crippen LogP) is 2.91. The molecule has 0 atom stereocenters. The minimum atomic E-state index is 0.424. The number of hydrogen-bond acceptors (Lipinski definition) is 1. The van der Waals surface area contributed by atoms with Gasteiger partial charge in [0.2, 0.25) is 0 Å². The fraction of sp³-hybridized carbons (Fsp3) is 1.00. The molecule has 0 aliphatic heterocycles. The van der Waals surface area contributed by atoms with E-state index in [0.29, 0.717) is 11.0 Å². The minimum absolute atomic E-state index is 0.424. The summed E-state index contributed by atoms with van der Waals surface area (Å²) < 4.78 is 0. The Hall–Kier alpha value is -0.0400. The van der Waals surface area contributed by atoms with Crippen LogP contribution in [-0.2, 0) is 0 Å². The van der Waals surface area contributed by atoms with Crippen LogP contribution in [0, 0.1) is 5.41 Å². The quantitative estimate of drug-likeness (QED) is 0.583. The Bertz CT molecular complexity index is 147. The standard InChI is InChI=1S/C11H23N/c1-10(2,3)11(12(4)5)8-6-7-9-11/h6-9H2,1-5H3. The Morgan fingerprint density at radius 3 is 1.58 bits per heavy atom. The van der Waals surface area contributed by atoms with Crippen LogP contribution in [0.15, 0.2) is 0 Å². The molecule has 0 heterocycles. The molecule has 0 aromatic carbocycles. The molecule has 1 rings (SSSR count). The molecule has 0 spiro atoms. The molecule has 1 nitrogen and oxygen atoms in total. The first kappa shape index (κ1) is 10.0. The second-order valence-corrected chi connectivity index (χ2v) is 5.38. The molecule has 0 amide bonds. The van der Waals surface area contributed by atoms with E-state index in [1.165, 1.54) is 25.7 Å². The topological polar surface area (TPSA) is 3.24 Å². The molecule has 0 bridgehead atoms. The van der Waals surface area contributed by atoms with Crippen molar-refractivity contribution in [1.82, 2.24) is 4.90 Å². The molecule has 1 heteroatoms. The van der Waals surface area contributed by atoms with Gasteiger partial charge < -0.3 is 4.90 Å². The summed E-state index contributed by atoms with van der Waals surface area (Å²) in [6, 6.07) is 0. The second kappa shape index (κ2) is 3.02. The minimum Gasteiger partial charge on any atom is -0.303 e. The maximum absolute atomic E-state index is 2.44. The molecule has 1 fully saturated rings. The van der Waals surface area contributed by atoms with E-state index in [0.717, 1.165) is 0 Å². The summed E-state index contributed by atoms with van der Waals surface area (Å²) in [6.07, 6.45) is 5.58. The molecule has 12 heavy (non-hydrogen) atoms. The largest absolute Gasteiger partial charge is 0.303 e. The van der Waals surface area contributed by atoms with E-state index in [2.05, 4.69) is 39.8 Å². The van der Waals surface area contributed by atoms with Crippen LogP contribution in [-0.4, -0.2) is 24.5 Å². The van der Waals surface area contributed by atoms with Crippen molar-refractivity contribution < 1.29 is 0 Å². The first-order chi connectivity index (χ1) is 5.40. The highest BCUT2D eigenvalue weighted by Gasteiger charge is 2.45. The highest BCUT2D eigenvalue weighted by Crippen LogP contribution is 2.46. The highest BCUT2D eigenvalue weighted by molar-refractivity contribution is 5.01. The second-order valence-electron chi connectivity index (χ2n) is 5.38. The number of nitrogens with zero attached hydrogens (tertiary/aromatic N) is 1. The first-order valence-corrected chi connectivity index (χ1v) is 5.08. The van der Waals surface area contributed by atoms with Gasteiger partial charge in [-0.15, -0.1) is 0 Å². The Morgan fingerprint density at radius 1 is 1.00 bits per heavy atom. The zero-order chi connectivity index (χ0) is 9.41. The van der Waals surface area contributed by atoms with Gasteiger partial charge >= 0.3 is 0 Å². The number of rotatable bonds is 1. The summed E-state index contributed by atoms with van der Waals surface area (Å²) in [5.74, 6) is 0. The molecule has 0 unspecified atom stereocenters. The van der Waals surface area contributed by atoms with Gasteiger partial charge in [0, 0.05) is 5.54 Å². The van der Waals surface area contributed by atoms with Crippen LogP contribution in [0.3, 0.4) is 0 Å². The van der Waals surface area contributed by atoms with Gasteiger partial charge in [0.05, 0.1) is 0 Å². The van der Waals surface area contributed by atoms with Crippen LogP contribution < -0.4 is 0 Å². The van der Waals surface area contributed by atoms with Crippen LogP contribution >= 0.6 is 0 Å². The maximum atomic E-state index is 2.44. The van der Waals surface area contributed by atoms with Gasteiger partial charge in [0.25, 0.3) is 0 Å². The summed E-state index contributed by atoms with van der Waals surface area (Å²) in [5, 5.41) is 0. The molecule has 0 aromatic rings. The van der Waals surface area contributed by atoms with Crippen molar-refractivity contribution >= 4 is 0 Å². The lowest BCUT2D eigenvalue weighted by Crippen LogP contribution is -2.51. The summed E-state index contributed by atoms with van der Waals surface area (Å²) >= 11 is 0. The SMILES string of the molecule is CN(C)C1(C(C)(C)C)CCCC1. The fourth-order valence-corrected chi connectivity index (χ4v) is 2.83. The Morgan fingerprint density at radius 2 is 1.42 bits per heavy atom. The maximum Gasteiger partial charge on any atom is 0.0251 e. The van der Waals surface area contributed by atoms with Crippen molar-refractivity contribution in [1.29, 1.82) is 0 Å². The van der Waals surface area contributed by atoms with E-state index < -0.39 is 0 Å². The van der Waals surface area contributed by atoms with Gasteiger partial charge in [-0.2, -0.15) is 0 Å². The molecule has 1 saturated carbocycles. The van der Waals surface area contributed by atoms with E-state index in [4.69, 9.17) is 0 Å². The van der Waals surface area contributed by atoms with Crippen LogP contribution in [0.25, 0.3) is 0 Å². The number of hydrogen-bond donors (Lipinski definition) is 0. The van der Waals surface area contributed by atoms with E-state index in [1.807, 2.05) is 0 Å². The van der Waals surface area contributed by atoms with Crippen LogP contribution in [0.1, 0.15) is 46.5 Å². The van der Waals surface area contributed by atoms with Gasteiger partial charge in [-0.1, -0.05) is 33.6 Å². The summed E-state index contributed by atoms with van der Waals surface area (Å²) in [6.45, 7) is 7.12. The van der Waals surface area contributed by atoms with Crippen molar-refractivity contribution in [2.24, 2.45) is 5.41 Å². The van der Waals surface area contributed by atoms with E-state index >= 15 is 0 Å². The lowest BCUT2D eigenvalue weighted by Gasteiger charge is -2.47. The normalized spacial score (nSPS) is 23.5. The van der Waals surface area contributed by atoms with E-state index in [-0.39, 0.29) is 0 Å². The average Bonchev–Trinajstić information content (AvgIpc) is 2.31. The zero-order valence-corrected chi connectivity index (χ0v) is 9.28. The van der Waals surface area contributed by atoms with Crippen molar-refractivity contribution in [3.05, 3.63) is 0 Å². The monoisotopic (exact) mass is 169 g/mol. The third kappa shape index (κ3) is 1.39. The molecule has 0 N–H and O–H groups in total. The van der Waals surface area contributed by atoms with Crippen molar-refractivity contribution in [3.63, 3.8) is 0 Å². The Kier molecular flexibility index (Phi) is 2.53. The summed E-state index contributed by atoms with van der Waals surface area (Å²) in [4.78, 5) is 2.44. The van der Waals surface area contributed by atoms with Gasteiger partial charge in [0.15, 0.2) is 0 Å². The molecule has 1 aliphatic rings. The lowest BCUT2D eigenvalue weighted by molar-refractivity contribution is 0.0354. The first-order valence-electron chi connectivity index (χ1n) is 5.08. The molecular formula is C11H23N. The van der Waals surface area contributed by atoms with E-state index in [9.17, 15) is 0 Å². The van der Waals surface area contributed by atoms with Crippen molar-refractivity contribution in [3.8, 4) is 0 Å². The molecule has 0 radical (unpaired) electrons. The molecule has 0 aromatic heterocycles. The van der Waals surface area contributed by atoms with Crippen molar-refractivity contribution in [2.75, 3.05) is 14.1 Å². The van der Waals surface area contributed by atoms with Crippen LogP contribution in [0.5, 0.6) is 0 Å². The van der Waals surface area contributed by atoms with Gasteiger partial charge in [-0.3, -0.25) is 0 Å². The summed E-state index contributed by atoms with van der Waals surface area (Å²) in [7, 11) is 4.47. The molecule has 72 valence electrons. The van der Waals surface area contributed by atoms with Gasteiger partial charge in [0.1, 0.15) is 0 Å². The van der Waals surface area contributed by atoms with Gasteiger partial charge in [-0.25, -0.2) is 0 Å². The molecular weight excluding hydrogens is 146 g/mol. The fourth-order valence-electron chi connectivity index (χ4n) is 2.83. The predicted molar refractivity (Wildman–Crippen MR) is 54.3 cm³/mol.